The number of aromatic nitrogens is 2. The van der Waals surface area contributed by atoms with Crippen LogP contribution in [0.4, 0.5) is 0 Å². The van der Waals surface area contributed by atoms with Crippen LogP contribution in [0.1, 0.15) is 49.2 Å². The van der Waals surface area contributed by atoms with Crippen LogP contribution < -0.4 is 5.32 Å². The smallest absolute Gasteiger partial charge is 0.0625 e. The minimum atomic E-state index is 0.596. The highest BCUT2D eigenvalue weighted by molar-refractivity contribution is 5.24. The van der Waals surface area contributed by atoms with Crippen LogP contribution in [0.2, 0.25) is 0 Å². The second-order valence-corrected chi connectivity index (χ2v) is 5.60. The molecule has 1 N–H and O–H groups in total. The maximum atomic E-state index is 4.46. The van der Waals surface area contributed by atoms with E-state index in [4.69, 9.17) is 0 Å². The van der Waals surface area contributed by atoms with E-state index in [2.05, 4.69) is 61.5 Å². The van der Waals surface area contributed by atoms with Crippen molar-refractivity contribution in [2.45, 2.75) is 46.2 Å². The highest BCUT2D eigenvalue weighted by Gasteiger charge is 2.03. The van der Waals surface area contributed by atoms with E-state index < -0.39 is 0 Å². The zero-order valence-corrected chi connectivity index (χ0v) is 13.0. The first-order valence-electron chi connectivity index (χ1n) is 7.41. The molecule has 0 aliphatic heterocycles. The molecule has 3 nitrogen and oxygen atoms in total. The van der Waals surface area contributed by atoms with Gasteiger partial charge in [-0.25, -0.2) is 0 Å². The molecular weight excluding hydrogens is 246 g/mol. The molecule has 2 rings (SSSR count). The summed E-state index contributed by atoms with van der Waals surface area (Å²) < 4.78 is 1.97. The fourth-order valence-corrected chi connectivity index (χ4v) is 2.27. The van der Waals surface area contributed by atoms with Gasteiger partial charge in [0.15, 0.2) is 0 Å². The number of nitrogens with zero attached hydrogens (tertiary/aromatic N) is 2. The number of hydrogen-bond donors (Lipinski definition) is 1. The van der Waals surface area contributed by atoms with Crippen molar-refractivity contribution in [2.24, 2.45) is 7.05 Å². The fourth-order valence-electron chi connectivity index (χ4n) is 2.27. The Kier molecular flexibility index (Phi) is 4.96. The standard InChI is InChI=1S/C17H25N3/c1-5-16-10-17(20(4)19-16)12-18-11-14-6-8-15(9-7-14)13(2)3/h6-10,13,18H,5,11-12H2,1-4H3. The molecule has 0 bridgehead atoms. The number of hydrogen-bond acceptors (Lipinski definition) is 2. The fraction of sp³-hybridized carbons (Fsp3) is 0.471. The zero-order valence-electron chi connectivity index (χ0n) is 13.0. The summed E-state index contributed by atoms with van der Waals surface area (Å²) >= 11 is 0. The molecule has 0 saturated heterocycles. The molecule has 0 unspecified atom stereocenters. The lowest BCUT2D eigenvalue weighted by Gasteiger charge is -2.08. The average molecular weight is 271 g/mol. The highest BCUT2D eigenvalue weighted by atomic mass is 15.3. The molecule has 1 aromatic carbocycles. The normalized spacial score (nSPS) is 11.2. The van der Waals surface area contributed by atoms with Gasteiger partial charge in [-0.15, -0.1) is 0 Å². The van der Waals surface area contributed by atoms with E-state index in [1.807, 2.05) is 11.7 Å². The third kappa shape index (κ3) is 3.70. The Hall–Kier alpha value is -1.61. The molecule has 0 aliphatic rings. The van der Waals surface area contributed by atoms with Crippen molar-refractivity contribution in [3.63, 3.8) is 0 Å². The van der Waals surface area contributed by atoms with Crippen LogP contribution in [-0.4, -0.2) is 9.78 Å². The average Bonchev–Trinajstić information content (AvgIpc) is 2.80. The molecule has 1 heterocycles. The summed E-state index contributed by atoms with van der Waals surface area (Å²) in [6.07, 6.45) is 0.991. The molecule has 2 aromatic rings. The van der Waals surface area contributed by atoms with Crippen LogP contribution >= 0.6 is 0 Å². The topological polar surface area (TPSA) is 29.9 Å². The third-order valence-electron chi connectivity index (χ3n) is 3.67. The van der Waals surface area contributed by atoms with Crippen LogP contribution in [-0.2, 0) is 26.6 Å². The van der Waals surface area contributed by atoms with Crippen LogP contribution in [0.25, 0.3) is 0 Å². The van der Waals surface area contributed by atoms with Gasteiger partial charge in [-0.1, -0.05) is 45.0 Å². The van der Waals surface area contributed by atoms with E-state index in [0.29, 0.717) is 5.92 Å². The number of nitrogens with one attached hydrogen (secondary N) is 1. The first-order chi connectivity index (χ1) is 9.60. The molecular formula is C17H25N3. The molecule has 0 fully saturated rings. The monoisotopic (exact) mass is 271 g/mol. The molecule has 0 aliphatic carbocycles. The highest BCUT2D eigenvalue weighted by Crippen LogP contribution is 2.14. The second kappa shape index (κ2) is 6.71. The molecule has 1 aromatic heterocycles. The summed E-state index contributed by atoms with van der Waals surface area (Å²) in [6, 6.07) is 11.0. The minimum absolute atomic E-state index is 0.596. The van der Waals surface area contributed by atoms with Crippen molar-refractivity contribution in [3.05, 3.63) is 52.8 Å². The van der Waals surface area contributed by atoms with Crippen molar-refractivity contribution in [3.8, 4) is 0 Å². The summed E-state index contributed by atoms with van der Waals surface area (Å²) in [5.74, 6) is 0.596. The molecule has 0 radical (unpaired) electrons. The Balaban J connectivity index is 1.87. The lowest BCUT2D eigenvalue weighted by atomic mass is 10.0. The lowest BCUT2D eigenvalue weighted by molar-refractivity contribution is 0.623. The predicted octanol–water partition coefficient (Wildman–Crippen LogP) is 3.40. The van der Waals surface area contributed by atoms with Crippen molar-refractivity contribution in [1.82, 2.24) is 15.1 Å². The van der Waals surface area contributed by atoms with Crippen LogP contribution in [0.3, 0.4) is 0 Å². The number of rotatable bonds is 6. The van der Waals surface area contributed by atoms with Crippen molar-refractivity contribution < 1.29 is 0 Å². The SMILES string of the molecule is CCc1cc(CNCc2ccc(C(C)C)cc2)n(C)n1. The van der Waals surface area contributed by atoms with Gasteiger partial charge in [0.2, 0.25) is 0 Å². The molecule has 0 spiro atoms. The van der Waals surface area contributed by atoms with E-state index in [-0.39, 0.29) is 0 Å². The Bertz CT molecular complexity index is 538. The van der Waals surface area contributed by atoms with Gasteiger partial charge in [-0.3, -0.25) is 4.68 Å². The molecule has 0 saturated carbocycles. The summed E-state index contributed by atoms with van der Waals surface area (Å²) in [7, 11) is 2.01. The Labute approximate surface area is 122 Å². The quantitative estimate of drug-likeness (QED) is 0.872. The van der Waals surface area contributed by atoms with Gasteiger partial charge in [-0.05, 0) is 29.5 Å². The van der Waals surface area contributed by atoms with E-state index in [1.54, 1.807) is 0 Å². The number of benzene rings is 1. The maximum Gasteiger partial charge on any atom is 0.0625 e. The Morgan fingerprint density at radius 1 is 1.15 bits per heavy atom. The van der Waals surface area contributed by atoms with Gasteiger partial charge in [-0.2, -0.15) is 5.10 Å². The van der Waals surface area contributed by atoms with E-state index >= 15 is 0 Å². The minimum Gasteiger partial charge on any atom is -0.307 e. The first kappa shape index (κ1) is 14.8. The largest absolute Gasteiger partial charge is 0.307 e. The van der Waals surface area contributed by atoms with Crippen LogP contribution in [0.15, 0.2) is 30.3 Å². The van der Waals surface area contributed by atoms with Crippen molar-refractivity contribution in [2.75, 3.05) is 0 Å². The second-order valence-electron chi connectivity index (χ2n) is 5.60. The van der Waals surface area contributed by atoms with E-state index in [1.165, 1.54) is 16.8 Å². The van der Waals surface area contributed by atoms with Gasteiger partial charge in [0.1, 0.15) is 0 Å². The maximum absolute atomic E-state index is 4.46. The van der Waals surface area contributed by atoms with Crippen molar-refractivity contribution in [1.29, 1.82) is 0 Å². The lowest BCUT2D eigenvalue weighted by Crippen LogP contribution is -2.15. The number of aryl methyl sites for hydroxylation is 2. The van der Waals surface area contributed by atoms with Gasteiger partial charge in [0, 0.05) is 20.1 Å². The van der Waals surface area contributed by atoms with Gasteiger partial charge in [0.05, 0.1) is 11.4 Å². The molecule has 0 atom stereocenters. The van der Waals surface area contributed by atoms with E-state index in [9.17, 15) is 0 Å². The van der Waals surface area contributed by atoms with Gasteiger partial charge < -0.3 is 5.32 Å². The third-order valence-corrected chi connectivity index (χ3v) is 3.67. The molecule has 20 heavy (non-hydrogen) atoms. The van der Waals surface area contributed by atoms with E-state index in [0.717, 1.165) is 25.2 Å². The first-order valence-corrected chi connectivity index (χ1v) is 7.41. The Morgan fingerprint density at radius 3 is 2.40 bits per heavy atom. The van der Waals surface area contributed by atoms with Crippen molar-refractivity contribution >= 4 is 0 Å². The summed E-state index contributed by atoms with van der Waals surface area (Å²) in [5.41, 5.74) is 5.12. The summed E-state index contributed by atoms with van der Waals surface area (Å²) in [4.78, 5) is 0. The Morgan fingerprint density at radius 2 is 1.85 bits per heavy atom. The van der Waals surface area contributed by atoms with Crippen LogP contribution in [0, 0.1) is 0 Å². The summed E-state index contributed by atoms with van der Waals surface area (Å²) in [5, 5.41) is 7.95. The molecule has 3 heteroatoms. The zero-order chi connectivity index (χ0) is 14.5. The summed E-state index contributed by atoms with van der Waals surface area (Å²) in [6.45, 7) is 8.33. The van der Waals surface area contributed by atoms with Crippen LogP contribution in [0.5, 0.6) is 0 Å². The molecule has 0 amide bonds. The van der Waals surface area contributed by atoms with Gasteiger partial charge >= 0.3 is 0 Å². The molecule has 108 valence electrons. The predicted molar refractivity (Wildman–Crippen MR) is 83.7 cm³/mol. The van der Waals surface area contributed by atoms with Gasteiger partial charge in [0.25, 0.3) is 0 Å².